The zero-order chi connectivity index (χ0) is 41.3. The first-order chi connectivity index (χ1) is 27.1. The molecule has 1 aliphatic carbocycles. The maximum atomic E-state index is 14.6. The minimum Gasteiger partial charge on any atom is -0.462 e. The molecule has 2 amide bonds. The lowest BCUT2D eigenvalue weighted by atomic mass is 9.73. The van der Waals surface area contributed by atoms with Crippen molar-refractivity contribution in [1.82, 2.24) is 15.1 Å². The zero-order valence-corrected chi connectivity index (χ0v) is 38.0. The van der Waals surface area contributed by atoms with Crippen LogP contribution >= 0.6 is 0 Å². The highest BCUT2D eigenvalue weighted by Gasteiger charge is 2.52. The van der Waals surface area contributed by atoms with Crippen molar-refractivity contribution in [2.24, 2.45) is 5.92 Å². The van der Waals surface area contributed by atoms with Crippen molar-refractivity contribution in [3.05, 3.63) is 0 Å². The molecule has 1 fully saturated rings. The second kappa shape index (κ2) is 34.2. The number of nitrogens with zero attached hydrogens (tertiary/aromatic N) is 2. The Morgan fingerprint density at radius 2 is 1.05 bits per heavy atom. The number of aliphatic hydroxyl groups excluding tert-OH is 1. The van der Waals surface area contributed by atoms with Crippen molar-refractivity contribution in [1.29, 1.82) is 0 Å². The summed E-state index contributed by atoms with van der Waals surface area (Å²) in [5, 5.41) is 14.3. The van der Waals surface area contributed by atoms with E-state index < -0.39 is 11.6 Å². The van der Waals surface area contributed by atoms with Crippen LogP contribution in [-0.4, -0.2) is 84.2 Å². The molecule has 1 aliphatic rings. The van der Waals surface area contributed by atoms with Crippen molar-refractivity contribution < 1.29 is 24.2 Å². The van der Waals surface area contributed by atoms with E-state index in [0.29, 0.717) is 45.2 Å². The second-order valence-electron chi connectivity index (χ2n) is 17.8. The van der Waals surface area contributed by atoms with Gasteiger partial charge in [0.05, 0.1) is 6.10 Å². The first-order valence-electron chi connectivity index (χ1n) is 24.3. The molecule has 8 nitrogen and oxygen atoms in total. The third-order valence-corrected chi connectivity index (χ3v) is 12.2. The van der Waals surface area contributed by atoms with Crippen molar-refractivity contribution >= 4 is 17.8 Å². The van der Waals surface area contributed by atoms with Crippen molar-refractivity contribution in [3.63, 3.8) is 0 Å². The summed E-state index contributed by atoms with van der Waals surface area (Å²) in [6.07, 6.45) is 33.2. The molecular weight excluding hydrogens is 699 g/mol. The molecule has 0 aromatic rings. The molecule has 1 rings (SSSR count). The van der Waals surface area contributed by atoms with Crippen LogP contribution in [0.4, 0.5) is 0 Å². The Morgan fingerprint density at radius 1 is 0.607 bits per heavy atom. The molecule has 2 N–H and O–H groups in total. The van der Waals surface area contributed by atoms with Crippen LogP contribution in [0.25, 0.3) is 0 Å². The number of unbranched alkanes of at least 4 members (excludes halogenated alkanes) is 19. The normalized spacial score (nSPS) is 14.8. The van der Waals surface area contributed by atoms with Crippen LogP contribution in [0.15, 0.2) is 0 Å². The number of amides is 2. The lowest BCUT2D eigenvalue weighted by molar-refractivity contribution is -0.159. The van der Waals surface area contributed by atoms with Gasteiger partial charge in [-0.05, 0) is 84.7 Å². The van der Waals surface area contributed by atoms with Crippen LogP contribution in [0, 0.1) is 5.92 Å². The van der Waals surface area contributed by atoms with E-state index in [1.807, 2.05) is 23.9 Å². The lowest BCUT2D eigenvalue weighted by Crippen LogP contribution is -2.67. The Labute approximate surface area is 346 Å². The summed E-state index contributed by atoms with van der Waals surface area (Å²) >= 11 is 0. The van der Waals surface area contributed by atoms with E-state index in [1.54, 1.807) is 0 Å². The number of β-amino-alcohol motifs (C(OH)–C–C–N with tert-alkyl or cyclic N) is 1. The van der Waals surface area contributed by atoms with E-state index in [9.17, 15) is 19.5 Å². The summed E-state index contributed by atoms with van der Waals surface area (Å²) in [4.78, 5) is 45.4. The van der Waals surface area contributed by atoms with Gasteiger partial charge in [0.25, 0.3) is 0 Å². The zero-order valence-electron chi connectivity index (χ0n) is 38.0. The Bertz CT molecular complexity index is 954. The summed E-state index contributed by atoms with van der Waals surface area (Å²) < 4.78 is 6.06. The summed E-state index contributed by atoms with van der Waals surface area (Å²) in [5.41, 5.74) is -0.910. The van der Waals surface area contributed by atoms with E-state index >= 15 is 0 Å². The van der Waals surface area contributed by atoms with Crippen molar-refractivity contribution in [2.45, 2.75) is 251 Å². The van der Waals surface area contributed by atoms with Crippen LogP contribution in [0.3, 0.4) is 0 Å². The van der Waals surface area contributed by atoms with Crippen LogP contribution < -0.4 is 5.32 Å². The fourth-order valence-corrected chi connectivity index (χ4v) is 8.47. The maximum Gasteiger partial charge on any atom is 0.306 e. The Morgan fingerprint density at radius 3 is 1.50 bits per heavy atom. The number of rotatable bonds is 39. The number of carbonyl (C=O) groups is 3. The van der Waals surface area contributed by atoms with Gasteiger partial charge in [-0.25, -0.2) is 0 Å². The molecule has 0 heterocycles. The molecule has 0 aliphatic heterocycles. The minimum absolute atomic E-state index is 0.0147. The molecule has 8 heteroatoms. The first kappa shape index (κ1) is 52.3. The van der Waals surface area contributed by atoms with Gasteiger partial charge in [-0.3, -0.25) is 14.4 Å². The molecule has 0 spiro atoms. The minimum atomic E-state index is -0.910. The SMILES string of the molecule is CCCCCCCCC(CCCCCCCC)OC(=O)CCCCNC(=O)C1(N(CC(O)CN(C)C)C(=O)C(CCCCCC)CCCCCCCC)CCC1. The highest BCUT2D eigenvalue weighted by Crippen LogP contribution is 2.40. The fraction of sp³-hybridized carbons (Fsp3) is 0.938. The Hall–Kier alpha value is -1.67. The van der Waals surface area contributed by atoms with Gasteiger partial charge < -0.3 is 25.0 Å². The monoisotopic (exact) mass is 792 g/mol. The van der Waals surface area contributed by atoms with Gasteiger partial charge in [-0.15, -0.1) is 0 Å². The molecule has 0 saturated heterocycles. The molecule has 2 atom stereocenters. The summed E-state index contributed by atoms with van der Waals surface area (Å²) in [6.45, 7) is 10.0. The van der Waals surface area contributed by atoms with Crippen LogP contribution in [0.1, 0.15) is 233 Å². The predicted molar refractivity (Wildman–Crippen MR) is 236 cm³/mol. The molecule has 0 radical (unpaired) electrons. The van der Waals surface area contributed by atoms with Crippen LogP contribution in [0.5, 0.6) is 0 Å². The number of hydrogen-bond donors (Lipinski definition) is 2. The smallest absolute Gasteiger partial charge is 0.306 e. The van der Waals surface area contributed by atoms with Crippen LogP contribution in [-0.2, 0) is 19.1 Å². The van der Waals surface area contributed by atoms with Crippen molar-refractivity contribution in [3.8, 4) is 0 Å². The molecule has 0 aromatic carbocycles. The molecule has 0 bridgehead atoms. The molecule has 2 unspecified atom stereocenters. The first-order valence-corrected chi connectivity index (χ1v) is 24.3. The standard InChI is InChI=1S/C48H93N3O5/c1-7-11-15-19-22-26-33-42(32-25-18-14-10-4)46(54)51(41-43(52)40-50(5)6)48(37-31-38-48)47(55)49-39-30-29-36-45(53)56-44(34-27-23-20-16-12-8-2)35-28-24-21-17-13-9-3/h42-44,52H,7-41H2,1-6H3,(H,49,55). The molecule has 0 aromatic heterocycles. The van der Waals surface area contributed by atoms with E-state index in [2.05, 4.69) is 33.0 Å². The molecule has 56 heavy (non-hydrogen) atoms. The fourth-order valence-electron chi connectivity index (χ4n) is 8.47. The average Bonchev–Trinajstić information content (AvgIpc) is 3.14. The van der Waals surface area contributed by atoms with Crippen molar-refractivity contribution in [2.75, 3.05) is 33.7 Å². The average molecular weight is 792 g/mol. The number of aliphatic hydroxyl groups is 1. The van der Waals surface area contributed by atoms with Gasteiger partial charge in [0.15, 0.2) is 0 Å². The van der Waals surface area contributed by atoms with E-state index in [1.165, 1.54) is 96.3 Å². The number of likely N-dealkylation sites (N-methyl/N-ethyl adjacent to an activating group) is 1. The van der Waals surface area contributed by atoms with Gasteiger partial charge in [0, 0.05) is 32.0 Å². The third-order valence-electron chi connectivity index (χ3n) is 12.2. The quantitative estimate of drug-likeness (QED) is 0.0475. The highest BCUT2D eigenvalue weighted by molar-refractivity contribution is 5.93. The van der Waals surface area contributed by atoms with Crippen LogP contribution in [0.2, 0.25) is 0 Å². The number of esters is 1. The van der Waals surface area contributed by atoms with E-state index in [0.717, 1.165) is 77.0 Å². The number of ether oxygens (including phenoxy) is 1. The summed E-state index contributed by atoms with van der Waals surface area (Å²) in [5.74, 6) is -0.275. The number of hydrogen-bond acceptors (Lipinski definition) is 6. The van der Waals surface area contributed by atoms with Gasteiger partial charge >= 0.3 is 5.97 Å². The highest BCUT2D eigenvalue weighted by atomic mass is 16.5. The van der Waals surface area contributed by atoms with E-state index in [-0.39, 0.29) is 36.4 Å². The topological polar surface area (TPSA) is 99.2 Å². The lowest BCUT2D eigenvalue weighted by Gasteiger charge is -2.50. The number of nitrogens with one attached hydrogen (secondary N) is 1. The maximum absolute atomic E-state index is 14.6. The predicted octanol–water partition coefficient (Wildman–Crippen LogP) is 11.7. The molecule has 330 valence electrons. The molecule has 1 saturated carbocycles. The third kappa shape index (κ3) is 23.7. The Balaban J connectivity index is 2.85. The van der Waals surface area contributed by atoms with Gasteiger partial charge in [-0.1, -0.05) is 156 Å². The van der Waals surface area contributed by atoms with Gasteiger partial charge in [0.1, 0.15) is 11.6 Å². The largest absolute Gasteiger partial charge is 0.462 e. The Kier molecular flexibility index (Phi) is 32.0. The van der Waals surface area contributed by atoms with Gasteiger partial charge in [0.2, 0.25) is 11.8 Å². The van der Waals surface area contributed by atoms with Gasteiger partial charge in [-0.2, -0.15) is 0 Å². The molecular formula is C48H93N3O5. The summed E-state index contributed by atoms with van der Waals surface area (Å²) in [7, 11) is 3.86. The summed E-state index contributed by atoms with van der Waals surface area (Å²) in [6, 6.07) is 0. The van der Waals surface area contributed by atoms with E-state index in [4.69, 9.17) is 4.74 Å². The number of carbonyl (C=O) groups excluding carboxylic acids is 3. The second-order valence-corrected chi connectivity index (χ2v) is 17.8.